The van der Waals surface area contributed by atoms with Crippen LogP contribution < -0.4 is 4.90 Å². The van der Waals surface area contributed by atoms with E-state index < -0.39 is 0 Å². The zero-order chi connectivity index (χ0) is 17.2. The Morgan fingerprint density at radius 2 is 2.00 bits per heavy atom. The fourth-order valence-corrected chi connectivity index (χ4v) is 3.22. The Labute approximate surface area is 147 Å². The average molecular weight is 340 g/mol. The predicted molar refractivity (Wildman–Crippen MR) is 95.8 cm³/mol. The maximum absolute atomic E-state index is 12.5. The molecular weight excluding hydrogens is 316 g/mol. The summed E-state index contributed by atoms with van der Waals surface area (Å²) in [5.74, 6) is 0.535. The van der Waals surface area contributed by atoms with Gasteiger partial charge in [0.05, 0.1) is 13.2 Å². The lowest BCUT2D eigenvalue weighted by atomic mass is 10.1. The van der Waals surface area contributed by atoms with Crippen molar-refractivity contribution in [3.63, 3.8) is 0 Å². The molecule has 1 aliphatic heterocycles. The number of hydrogen-bond donors (Lipinski definition) is 1. The molecule has 0 unspecified atom stereocenters. The molecule has 1 aromatic heterocycles. The topological polar surface area (TPSA) is 61.5 Å². The molecule has 0 atom stereocenters. The number of anilines is 1. The molecule has 1 saturated heterocycles. The Balaban J connectivity index is 1.37. The molecule has 2 heterocycles. The maximum atomic E-state index is 12.5. The summed E-state index contributed by atoms with van der Waals surface area (Å²) in [4.78, 5) is 16.6. The summed E-state index contributed by atoms with van der Waals surface area (Å²) in [6.07, 6.45) is 2.39. The van der Waals surface area contributed by atoms with E-state index in [4.69, 9.17) is 4.74 Å². The summed E-state index contributed by atoms with van der Waals surface area (Å²) in [5, 5.41) is 7.18. The molecule has 2 aliphatic rings. The number of aromatic amines is 1. The highest BCUT2D eigenvalue weighted by Gasteiger charge is 2.27. The summed E-state index contributed by atoms with van der Waals surface area (Å²) in [7, 11) is 1.82. The Morgan fingerprint density at radius 1 is 1.28 bits per heavy atom. The van der Waals surface area contributed by atoms with E-state index in [1.165, 1.54) is 18.5 Å². The number of nitrogens with one attached hydrogen (secondary N) is 1. The largest absolute Gasteiger partial charge is 0.378 e. The minimum absolute atomic E-state index is 0.0413. The second-order valence-corrected chi connectivity index (χ2v) is 6.91. The van der Waals surface area contributed by atoms with E-state index in [2.05, 4.69) is 39.4 Å². The summed E-state index contributed by atoms with van der Waals surface area (Å²) < 4.78 is 5.39. The number of aromatic nitrogens is 2. The Hall–Kier alpha value is -2.34. The number of amides is 1. The van der Waals surface area contributed by atoms with E-state index in [0.717, 1.165) is 37.6 Å². The standard InChI is InChI=1S/C19H24N4O2/c1-22(19(24)18-12-17(20-21-18)15-4-5-15)13-14-2-6-16(7-3-14)23-8-10-25-11-9-23/h2-3,6-7,12,15H,4-5,8-11,13H2,1H3,(H,20,21). The molecular formula is C19H24N4O2. The van der Waals surface area contributed by atoms with Crippen LogP contribution in [-0.4, -0.2) is 54.4 Å². The summed E-state index contributed by atoms with van der Waals surface area (Å²) in [5.41, 5.74) is 3.93. The van der Waals surface area contributed by atoms with Gasteiger partial charge in [0.25, 0.3) is 5.91 Å². The number of carbonyl (C=O) groups is 1. The van der Waals surface area contributed by atoms with Crippen molar-refractivity contribution < 1.29 is 9.53 Å². The van der Waals surface area contributed by atoms with Gasteiger partial charge in [0.15, 0.2) is 0 Å². The van der Waals surface area contributed by atoms with Crippen LogP contribution in [0.2, 0.25) is 0 Å². The first-order valence-electron chi connectivity index (χ1n) is 8.93. The molecule has 6 nitrogen and oxygen atoms in total. The molecule has 2 aromatic rings. The number of ether oxygens (including phenoxy) is 1. The van der Waals surface area contributed by atoms with Crippen molar-refractivity contribution >= 4 is 11.6 Å². The second-order valence-electron chi connectivity index (χ2n) is 6.91. The summed E-state index contributed by atoms with van der Waals surface area (Å²) >= 11 is 0. The molecule has 25 heavy (non-hydrogen) atoms. The molecule has 6 heteroatoms. The van der Waals surface area contributed by atoms with Crippen LogP contribution in [-0.2, 0) is 11.3 Å². The van der Waals surface area contributed by atoms with Gasteiger partial charge in [-0.05, 0) is 36.6 Å². The van der Waals surface area contributed by atoms with Gasteiger partial charge in [0, 0.05) is 44.0 Å². The lowest BCUT2D eigenvalue weighted by molar-refractivity contribution is 0.0779. The third-order valence-electron chi connectivity index (χ3n) is 4.91. The van der Waals surface area contributed by atoms with E-state index in [9.17, 15) is 4.79 Å². The third-order valence-corrected chi connectivity index (χ3v) is 4.91. The van der Waals surface area contributed by atoms with Gasteiger partial charge in [-0.2, -0.15) is 5.10 Å². The minimum Gasteiger partial charge on any atom is -0.378 e. The fraction of sp³-hybridized carbons (Fsp3) is 0.474. The van der Waals surface area contributed by atoms with Gasteiger partial charge >= 0.3 is 0 Å². The zero-order valence-electron chi connectivity index (χ0n) is 14.6. The van der Waals surface area contributed by atoms with Crippen LogP contribution in [0.25, 0.3) is 0 Å². The molecule has 1 N–H and O–H groups in total. The Morgan fingerprint density at radius 3 is 2.68 bits per heavy atom. The second kappa shape index (κ2) is 6.88. The molecule has 0 spiro atoms. The van der Waals surface area contributed by atoms with Crippen molar-refractivity contribution in [3.8, 4) is 0 Å². The first-order valence-corrected chi connectivity index (χ1v) is 8.93. The highest BCUT2D eigenvalue weighted by molar-refractivity contribution is 5.92. The molecule has 1 saturated carbocycles. The van der Waals surface area contributed by atoms with Crippen molar-refractivity contribution in [2.24, 2.45) is 0 Å². The van der Waals surface area contributed by atoms with E-state index in [-0.39, 0.29) is 5.91 Å². The summed E-state index contributed by atoms with van der Waals surface area (Å²) in [6.45, 7) is 4.01. The lowest BCUT2D eigenvalue weighted by Gasteiger charge is -2.29. The molecule has 1 amide bonds. The highest BCUT2D eigenvalue weighted by Crippen LogP contribution is 2.39. The van der Waals surface area contributed by atoms with Crippen molar-refractivity contribution in [2.45, 2.75) is 25.3 Å². The quantitative estimate of drug-likeness (QED) is 0.908. The number of carbonyl (C=O) groups excluding carboxylic acids is 1. The Kier molecular flexibility index (Phi) is 4.44. The monoisotopic (exact) mass is 340 g/mol. The van der Waals surface area contributed by atoms with E-state index in [0.29, 0.717) is 18.2 Å². The van der Waals surface area contributed by atoms with Gasteiger partial charge in [-0.15, -0.1) is 0 Å². The van der Waals surface area contributed by atoms with Gasteiger partial charge in [0.1, 0.15) is 5.69 Å². The molecule has 0 radical (unpaired) electrons. The molecule has 4 rings (SSSR count). The van der Waals surface area contributed by atoms with Crippen LogP contribution in [0.4, 0.5) is 5.69 Å². The van der Waals surface area contributed by atoms with Gasteiger partial charge in [-0.3, -0.25) is 9.89 Å². The van der Waals surface area contributed by atoms with Crippen LogP contribution >= 0.6 is 0 Å². The number of rotatable bonds is 5. The molecule has 1 aromatic carbocycles. The molecule has 132 valence electrons. The van der Waals surface area contributed by atoms with Gasteiger partial charge < -0.3 is 14.5 Å². The SMILES string of the molecule is CN(Cc1ccc(N2CCOCC2)cc1)C(=O)c1cc(C2CC2)[nH]n1. The van der Waals surface area contributed by atoms with Crippen LogP contribution in [0.3, 0.4) is 0 Å². The average Bonchev–Trinajstić information content (AvgIpc) is 3.39. The number of hydrogen-bond acceptors (Lipinski definition) is 4. The first kappa shape index (κ1) is 16.1. The zero-order valence-corrected chi connectivity index (χ0v) is 14.6. The maximum Gasteiger partial charge on any atom is 0.274 e. The van der Waals surface area contributed by atoms with Crippen molar-refractivity contribution in [2.75, 3.05) is 38.3 Å². The number of morpholine rings is 1. The highest BCUT2D eigenvalue weighted by atomic mass is 16.5. The van der Waals surface area contributed by atoms with E-state index >= 15 is 0 Å². The van der Waals surface area contributed by atoms with Crippen LogP contribution in [0.1, 0.15) is 40.5 Å². The first-order chi connectivity index (χ1) is 12.2. The number of benzene rings is 1. The normalized spacial score (nSPS) is 17.6. The van der Waals surface area contributed by atoms with Crippen LogP contribution in [0.5, 0.6) is 0 Å². The smallest absolute Gasteiger partial charge is 0.274 e. The third kappa shape index (κ3) is 3.69. The van der Waals surface area contributed by atoms with Crippen molar-refractivity contribution in [1.82, 2.24) is 15.1 Å². The van der Waals surface area contributed by atoms with Gasteiger partial charge in [-0.1, -0.05) is 12.1 Å². The number of nitrogens with zero attached hydrogens (tertiary/aromatic N) is 3. The number of H-pyrrole nitrogens is 1. The predicted octanol–water partition coefficient (Wildman–Crippen LogP) is 2.40. The molecule has 0 bridgehead atoms. The molecule has 2 fully saturated rings. The van der Waals surface area contributed by atoms with Crippen molar-refractivity contribution in [3.05, 3.63) is 47.3 Å². The lowest BCUT2D eigenvalue weighted by Crippen LogP contribution is -2.36. The van der Waals surface area contributed by atoms with E-state index in [1.54, 1.807) is 4.90 Å². The fourth-order valence-electron chi connectivity index (χ4n) is 3.22. The van der Waals surface area contributed by atoms with Crippen molar-refractivity contribution in [1.29, 1.82) is 0 Å². The minimum atomic E-state index is -0.0413. The van der Waals surface area contributed by atoms with Gasteiger partial charge in [0.2, 0.25) is 0 Å². The van der Waals surface area contributed by atoms with Crippen LogP contribution in [0, 0.1) is 0 Å². The molecule has 1 aliphatic carbocycles. The summed E-state index contributed by atoms with van der Waals surface area (Å²) in [6, 6.07) is 10.3. The van der Waals surface area contributed by atoms with Crippen LogP contribution in [0.15, 0.2) is 30.3 Å². The van der Waals surface area contributed by atoms with E-state index in [1.807, 2.05) is 13.1 Å². The Bertz CT molecular complexity index is 730. The van der Waals surface area contributed by atoms with Gasteiger partial charge in [-0.25, -0.2) is 0 Å².